The van der Waals surface area contributed by atoms with Gasteiger partial charge in [0.2, 0.25) is 0 Å². The third-order valence-corrected chi connectivity index (χ3v) is 4.92. The molecule has 1 saturated carbocycles. The fraction of sp³-hybridized carbons (Fsp3) is 0.933. The van der Waals surface area contributed by atoms with Gasteiger partial charge < -0.3 is 15.4 Å². The molecule has 0 bridgehead atoms. The van der Waals surface area contributed by atoms with Crippen molar-refractivity contribution in [2.75, 3.05) is 32.8 Å². The van der Waals surface area contributed by atoms with Gasteiger partial charge in [-0.2, -0.15) is 0 Å². The fourth-order valence-electron chi connectivity index (χ4n) is 3.70. The zero-order valence-electron chi connectivity index (χ0n) is 12.3. The van der Waals surface area contributed by atoms with Gasteiger partial charge in [0, 0.05) is 25.2 Å². The Bertz CT molecular complexity index is 325. The maximum Gasteiger partial charge on any atom is 0.250 e. The second-order valence-corrected chi connectivity index (χ2v) is 6.33. The minimum Gasteiger partial charge on any atom is -0.366 e. The van der Waals surface area contributed by atoms with E-state index in [-0.39, 0.29) is 12.0 Å². The molecule has 3 aliphatic rings. The number of nitrogens with one attached hydrogen (secondary N) is 2. The number of hydrogen-bond acceptors (Lipinski definition) is 4. The van der Waals surface area contributed by atoms with Crippen molar-refractivity contribution in [1.29, 1.82) is 0 Å². The van der Waals surface area contributed by atoms with Gasteiger partial charge in [-0.1, -0.05) is 12.8 Å². The van der Waals surface area contributed by atoms with E-state index in [1.165, 1.54) is 25.7 Å². The number of carbonyl (C=O) groups is 1. The van der Waals surface area contributed by atoms with Crippen molar-refractivity contribution >= 4 is 5.91 Å². The van der Waals surface area contributed by atoms with Crippen LogP contribution in [0.2, 0.25) is 0 Å². The van der Waals surface area contributed by atoms with Crippen LogP contribution in [-0.4, -0.2) is 61.8 Å². The quantitative estimate of drug-likeness (QED) is 0.791. The maximum absolute atomic E-state index is 12.3. The van der Waals surface area contributed by atoms with Crippen LogP contribution >= 0.6 is 0 Å². The number of amides is 1. The second-order valence-electron chi connectivity index (χ2n) is 6.33. The third-order valence-electron chi connectivity index (χ3n) is 4.92. The second kappa shape index (κ2) is 6.87. The smallest absolute Gasteiger partial charge is 0.250 e. The van der Waals surface area contributed by atoms with Crippen LogP contribution < -0.4 is 10.6 Å². The summed E-state index contributed by atoms with van der Waals surface area (Å²) in [6.45, 7) is 4.62. The van der Waals surface area contributed by atoms with E-state index >= 15 is 0 Å². The number of piperidine rings is 1. The molecular weight excluding hydrogens is 254 g/mol. The van der Waals surface area contributed by atoms with Crippen molar-refractivity contribution in [2.24, 2.45) is 0 Å². The van der Waals surface area contributed by atoms with Crippen molar-refractivity contribution in [3.05, 3.63) is 0 Å². The Morgan fingerprint density at radius 3 is 2.65 bits per heavy atom. The van der Waals surface area contributed by atoms with Gasteiger partial charge in [0.15, 0.2) is 0 Å². The molecule has 0 aromatic carbocycles. The number of ether oxygens (including phenoxy) is 1. The molecule has 20 heavy (non-hydrogen) atoms. The van der Waals surface area contributed by atoms with E-state index in [4.69, 9.17) is 4.74 Å². The number of hydrogen-bond donors (Lipinski definition) is 2. The first kappa shape index (κ1) is 14.3. The summed E-state index contributed by atoms with van der Waals surface area (Å²) < 4.78 is 5.70. The van der Waals surface area contributed by atoms with Crippen LogP contribution in [0.1, 0.15) is 38.5 Å². The lowest BCUT2D eigenvalue weighted by molar-refractivity contribution is -0.140. The molecule has 0 aromatic heterocycles. The molecule has 0 aromatic rings. The van der Waals surface area contributed by atoms with Crippen molar-refractivity contribution in [3.8, 4) is 0 Å². The average molecular weight is 281 g/mol. The zero-order chi connectivity index (χ0) is 13.8. The van der Waals surface area contributed by atoms with Crippen LogP contribution in [0.5, 0.6) is 0 Å². The van der Waals surface area contributed by atoms with Crippen LogP contribution in [0.25, 0.3) is 0 Å². The Balaban J connectivity index is 1.50. The standard InChI is InChI=1S/C15H27N3O2/c19-15(17-12-3-1-2-4-12)14-11-18(9-10-20-14)13-5-7-16-8-6-13/h12-14,16H,1-11H2,(H,17,19). The van der Waals surface area contributed by atoms with Crippen LogP contribution in [-0.2, 0) is 9.53 Å². The fourth-order valence-corrected chi connectivity index (χ4v) is 3.70. The maximum atomic E-state index is 12.3. The van der Waals surface area contributed by atoms with Gasteiger partial charge in [0.05, 0.1) is 6.61 Å². The molecule has 0 radical (unpaired) electrons. The molecule has 2 N–H and O–H groups in total. The van der Waals surface area contributed by atoms with Gasteiger partial charge in [-0.25, -0.2) is 0 Å². The highest BCUT2D eigenvalue weighted by molar-refractivity contribution is 5.81. The van der Waals surface area contributed by atoms with Crippen molar-refractivity contribution in [2.45, 2.75) is 56.7 Å². The monoisotopic (exact) mass is 281 g/mol. The summed E-state index contributed by atoms with van der Waals surface area (Å²) in [5.41, 5.74) is 0. The first-order chi connectivity index (χ1) is 9.83. The van der Waals surface area contributed by atoms with E-state index in [1.54, 1.807) is 0 Å². The summed E-state index contributed by atoms with van der Waals surface area (Å²) >= 11 is 0. The molecule has 5 nitrogen and oxygen atoms in total. The van der Waals surface area contributed by atoms with Crippen molar-refractivity contribution in [3.63, 3.8) is 0 Å². The molecule has 2 aliphatic heterocycles. The van der Waals surface area contributed by atoms with Gasteiger partial charge in [-0.15, -0.1) is 0 Å². The van der Waals surface area contributed by atoms with E-state index in [9.17, 15) is 4.79 Å². The molecule has 114 valence electrons. The zero-order valence-corrected chi connectivity index (χ0v) is 12.3. The first-order valence-corrected chi connectivity index (χ1v) is 8.19. The van der Waals surface area contributed by atoms with E-state index in [0.717, 1.165) is 39.0 Å². The van der Waals surface area contributed by atoms with E-state index < -0.39 is 0 Å². The van der Waals surface area contributed by atoms with Crippen LogP contribution in [0, 0.1) is 0 Å². The molecule has 1 amide bonds. The molecule has 3 fully saturated rings. The molecule has 1 unspecified atom stereocenters. The Morgan fingerprint density at radius 2 is 1.90 bits per heavy atom. The SMILES string of the molecule is O=C(NC1CCCC1)C1CN(C2CCNCC2)CCO1. The molecule has 0 spiro atoms. The molecule has 2 heterocycles. The van der Waals surface area contributed by atoms with Crippen molar-refractivity contribution in [1.82, 2.24) is 15.5 Å². The molecule has 5 heteroatoms. The summed E-state index contributed by atoms with van der Waals surface area (Å²) in [5.74, 6) is 0.107. The van der Waals surface area contributed by atoms with E-state index in [2.05, 4.69) is 15.5 Å². The molecule has 2 saturated heterocycles. The third kappa shape index (κ3) is 3.51. The molecule has 1 aliphatic carbocycles. The molecular formula is C15H27N3O2. The van der Waals surface area contributed by atoms with Gasteiger partial charge in [-0.3, -0.25) is 9.69 Å². The van der Waals surface area contributed by atoms with Crippen LogP contribution in [0.15, 0.2) is 0 Å². The summed E-state index contributed by atoms with van der Waals surface area (Å²) in [6, 6.07) is 1.02. The topological polar surface area (TPSA) is 53.6 Å². The van der Waals surface area contributed by atoms with Gasteiger partial charge in [0.1, 0.15) is 6.10 Å². The normalized spacial score (nSPS) is 30.5. The Kier molecular flexibility index (Phi) is 4.91. The van der Waals surface area contributed by atoms with Gasteiger partial charge >= 0.3 is 0 Å². The number of morpholine rings is 1. The molecule has 3 rings (SSSR count). The predicted molar refractivity (Wildman–Crippen MR) is 77.6 cm³/mol. The van der Waals surface area contributed by atoms with Crippen molar-refractivity contribution < 1.29 is 9.53 Å². The first-order valence-electron chi connectivity index (χ1n) is 8.19. The largest absolute Gasteiger partial charge is 0.366 e. The predicted octanol–water partition coefficient (Wildman–Crippen LogP) is 0.498. The van der Waals surface area contributed by atoms with Crippen LogP contribution in [0.3, 0.4) is 0 Å². The highest BCUT2D eigenvalue weighted by Gasteiger charge is 2.32. The molecule has 1 atom stereocenters. The lowest BCUT2D eigenvalue weighted by Gasteiger charge is -2.39. The Hall–Kier alpha value is -0.650. The number of nitrogens with zero attached hydrogens (tertiary/aromatic N) is 1. The highest BCUT2D eigenvalue weighted by atomic mass is 16.5. The summed E-state index contributed by atoms with van der Waals surface area (Å²) in [5, 5.41) is 6.57. The average Bonchev–Trinajstić information content (AvgIpc) is 3.01. The summed E-state index contributed by atoms with van der Waals surface area (Å²) in [6.07, 6.45) is 6.88. The lowest BCUT2D eigenvalue weighted by atomic mass is 10.0. The lowest BCUT2D eigenvalue weighted by Crippen LogP contribution is -2.55. The minimum atomic E-state index is -0.265. The van der Waals surface area contributed by atoms with E-state index in [0.29, 0.717) is 18.7 Å². The van der Waals surface area contributed by atoms with Gasteiger partial charge in [-0.05, 0) is 38.8 Å². The van der Waals surface area contributed by atoms with Gasteiger partial charge in [0.25, 0.3) is 5.91 Å². The van der Waals surface area contributed by atoms with E-state index in [1.807, 2.05) is 0 Å². The Labute approximate surface area is 121 Å². The Morgan fingerprint density at radius 1 is 1.15 bits per heavy atom. The number of rotatable bonds is 3. The minimum absolute atomic E-state index is 0.107. The number of carbonyl (C=O) groups excluding carboxylic acids is 1. The highest BCUT2D eigenvalue weighted by Crippen LogP contribution is 2.19. The summed E-state index contributed by atoms with van der Waals surface area (Å²) in [4.78, 5) is 14.8. The van der Waals surface area contributed by atoms with Crippen LogP contribution in [0.4, 0.5) is 0 Å². The summed E-state index contributed by atoms with van der Waals surface area (Å²) in [7, 11) is 0.